The van der Waals surface area contributed by atoms with Gasteiger partial charge in [0.25, 0.3) is 0 Å². The Balaban J connectivity index is 1.57. The fraction of sp³-hybridized carbons (Fsp3) is 0.414. The predicted octanol–water partition coefficient (Wildman–Crippen LogP) is 5.63. The average molecular weight is 519 g/mol. The highest BCUT2D eigenvalue weighted by atomic mass is 19.2. The van der Waals surface area contributed by atoms with Crippen LogP contribution in [-0.2, 0) is 9.53 Å². The topological polar surface area (TPSA) is 125 Å². The first-order valence-electron chi connectivity index (χ1n) is 12.9. The molecule has 3 aromatic rings. The van der Waals surface area contributed by atoms with Crippen LogP contribution in [0.1, 0.15) is 67.2 Å². The molecule has 0 bridgehead atoms. The second-order valence-electron chi connectivity index (χ2n) is 11.1. The molecule has 3 fully saturated rings. The van der Waals surface area contributed by atoms with Crippen molar-refractivity contribution in [2.24, 2.45) is 11.3 Å². The molecule has 0 radical (unpaired) electrons. The number of nitrogens with two attached hydrogens (primary N) is 1. The number of hydrogen-bond donors (Lipinski definition) is 3. The van der Waals surface area contributed by atoms with Crippen LogP contribution in [0.2, 0.25) is 0 Å². The quantitative estimate of drug-likeness (QED) is 0.298. The van der Waals surface area contributed by atoms with E-state index in [4.69, 9.17) is 15.9 Å². The number of nitrogens with one attached hydrogen (secondary N) is 1. The number of aliphatic carboxylic acids is 1. The van der Waals surface area contributed by atoms with Crippen molar-refractivity contribution < 1.29 is 23.4 Å². The highest BCUT2D eigenvalue weighted by Crippen LogP contribution is 2.65. The molecular formula is C29H28F2N4O3. The Kier molecular flexibility index (Phi) is 5.76. The monoisotopic (exact) mass is 518 g/mol. The third-order valence-electron chi connectivity index (χ3n) is 8.84. The van der Waals surface area contributed by atoms with Crippen molar-refractivity contribution in [2.45, 2.75) is 50.4 Å². The number of carboxylic acid groups (broad SMARTS) is 1. The van der Waals surface area contributed by atoms with Crippen molar-refractivity contribution in [1.82, 2.24) is 4.57 Å². The van der Waals surface area contributed by atoms with Gasteiger partial charge in [-0.05, 0) is 79.7 Å². The van der Waals surface area contributed by atoms with Crippen molar-refractivity contribution in [2.75, 3.05) is 18.9 Å². The Labute approximate surface area is 218 Å². The van der Waals surface area contributed by atoms with Gasteiger partial charge < -0.3 is 20.1 Å². The Morgan fingerprint density at radius 2 is 1.82 bits per heavy atom. The maximum atomic E-state index is 14.5. The summed E-state index contributed by atoms with van der Waals surface area (Å²) in [5.74, 6) is -2.66. The lowest BCUT2D eigenvalue weighted by molar-refractivity contribution is -0.155. The van der Waals surface area contributed by atoms with Gasteiger partial charge in [0.05, 0.1) is 11.4 Å². The first-order chi connectivity index (χ1) is 18.2. The van der Waals surface area contributed by atoms with Gasteiger partial charge in [-0.1, -0.05) is 0 Å². The molecule has 2 heterocycles. The van der Waals surface area contributed by atoms with E-state index < -0.39 is 17.6 Å². The minimum absolute atomic E-state index is 0.0332. The van der Waals surface area contributed by atoms with Crippen LogP contribution >= 0.6 is 0 Å². The third-order valence-corrected chi connectivity index (χ3v) is 8.84. The molecule has 0 atom stereocenters. The molecule has 0 unspecified atom stereocenters. The van der Waals surface area contributed by atoms with E-state index in [0.29, 0.717) is 48.5 Å². The molecule has 3 aliphatic rings. The van der Waals surface area contributed by atoms with Crippen molar-refractivity contribution >= 4 is 28.3 Å². The number of hydrogen-bond acceptors (Lipinski definition) is 5. The molecule has 1 saturated heterocycles. The summed E-state index contributed by atoms with van der Waals surface area (Å²) in [5.41, 5.74) is 9.98. The van der Waals surface area contributed by atoms with Crippen molar-refractivity contribution in [1.29, 1.82) is 10.7 Å². The molecule has 2 saturated carbocycles. The molecule has 38 heavy (non-hydrogen) atoms. The second-order valence-corrected chi connectivity index (χ2v) is 11.1. The normalized spacial score (nSPS) is 25.1. The van der Waals surface area contributed by atoms with E-state index in [-0.39, 0.29) is 28.9 Å². The number of fused-ring (bicyclic) bond motifs is 1. The van der Waals surface area contributed by atoms with Crippen LogP contribution in [-0.4, -0.2) is 34.6 Å². The Bertz CT molecular complexity index is 1520. The standard InChI is InChI=1S/C29H28F2N4O3/c30-21-2-1-18(7-22(21)31)35-25-9-19(24(34)14-32)23(33)8-20(25)26(27(35)15-3-5-38-6-4-15)16-10-29(11-16)12-17(13-29)28(36)37/h1-2,7-9,15-17,34H,3-6,10-13,33H2,(H,36,37). The van der Waals surface area contributed by atoms with Crippen molar-refractivity contribution in [3.8, 4) is 11.8 Å². The zero-order valence-corrected chi connectivity index (χ0v) is 20.8. The summed E-state index contributed by atoms with van der Waals surface area (Å²) >= 11 is 0. The van der Waals surface area contributed by atoms with Crippen molar-refractivity contribution in [3.05, 3.63) is 58.8 Å². The third kappa shape index (κ3) is 3.78. The highest BCUT2D eigenvalue weighted by Gasteiger charge is 2.56. The number of ether oxygens (including phenoxy) is 1. The Morgan fingerprint density at radius 3 is 2.45 bits per heavy atom. The molecule has 1 aliphatic heterocycles. The maximum Gasteiger partial charge on any atom is 0.306 e. The fourth-order valence-electron chi connectivity index (χ4n) is 7.06. The summed E-state index contributed by atoms with van der Waals surface area (Å²) in [6.45, 7) is 1.18. The second kappa shape index (κ2) is 8.91. The summed E-state index contributed by atoms with van der Waals surface area (Å²) in [7, 11) is 0. The van der Waals surface area contributed by atoms with Gasteiger partial charge in [-0.15, -0.1) is 0 Å². The predicted molar refractivity (Wildman–Crippen MR) is 138 cm³/mol. The van der Waals surface area contributed by atoms with E-state index >= 15 is 0 Å². The summed E-state index contributed by atoms with van der Waals surface area (Å²) in [6.07, 6.45) is 4.61. The summed E-state index contributed by atoms with van der Waals surface area (Å²) in [4.78, 5) is 11.4. The number of rotatable bonds is 5. The van der Waals surface area contributed by atoms with Gasteiger partial charge in [-0.3, -0.25) is 10.2 Å². The first-order valence-corrected chi connectivity index (χ1v) is 12.9. The summed E-state index contributed by atoms with van der Waals surface area (Å²) < 4.78 is 36.0. The number of halogens is 2. The SMILES string of the molecule is N#CC(=N)c1cc2c(cc1N)c(C1CC3(CC(C(=O)O)C3)C1)c(C1CCOCC1)n2-c1ccc(F)c(F)c1. The molecule has 1 spiro atoms. The maximum absolute atomic E-state index is 14.5. The average Bonchev–Trinajstić information content (AvgIpc) is 3.17. The molecule has 9 heteroatoms. The Hall–Kier alpha value is -3.77. The van der Waals surface area contributed by atoms with E-state index in [1.165, 1.54) is 6.07 Å². The zero-order valence-electron chi connectivity index (χ0n) is 20.8. The minimum atomic E-state index is -0.957. The van der Waals surface area contributed by atoms with E-state index in [9.17, 15) is 23.9 Å². The van der Waals surface area contributed by atoms with E-state index in [0.717, 1.165) is 48.4 Å². The molecule has 1 aromatic heterocycles. The molecule has 6 rings (SSSR count). The minimum Gasteiger partial charge on any atom is -0.481 e. The molecule has 4 N–H and O–H groups in total. The first kappa shape index (κ1) is 24.6. The van der Waals surface area contributed by atoms with Gasteiger partial charge in [0.2, 0.25) is 0 Å². The zero-order chi connectivity index (χ0) is 26.8. The molecule has 7 nitrogen and oxygen atoms in total. The number of nitrogens with zero attached hydrogens (tertiary/aromatic N) is 2. The smallest absolute Gasteiger partial charge is 0.306 e. The fourth-order valence-corrected chi connectivity index (χ4v) is 7.06. The van der Waals surface area contributed by atoms with Gasteiger partial charge >= 0.3 is 5.97 Å². The number of aromatic nitrogens is 1. The number of nitriles is 1. The van der Waals surface area contributed by atoms with Crippen LogP contribution < -0.4 is 5.73 Å². The van der Waals surface area contributed by atoms with Gasteiger partial charge in [0, 0.05) is 53.2 Å². The van der Waals surface area contributed by atoms with Crippen LogP contribution in [0.4, 0.5) is 14.5 Å². The van der Waals surface area contributed by atoms with Crippen LogP contribution in [0, 0.1) is 39.7 Å². The largest absolute Gasteiger partial charge is 0.481 e. The van der Waals surface area contributed by atoms with Gasteiger partial charge in [-0.2, -0.15) is 5.26 Å². The number of benzene rings is 2. The van der Waals surface area contributed by atoms with Gasteiger partial charge in [0.15, 0.2) is 11.6 Å². The summed E-state index contributed by atoms with van der Waals surface area (Å²) in [5, 5.41) is 27.8. The highest BCUT2D eigenvalue weighted by molar-refractivity contribution is 6.15. The molecule has 0 amide bonds. The van der Waals surface area contributed by atoms with E-state index in [2.05, 4.69) is 0 Å². The molecular weight excluding hydrogens is 490 g/mol. The van der Waals surface area contributed by atoms with Crippen LogP contribution in [0.3, 0.4) is 0 Å². The van der Waals surface area contributed by atoms with E-state index in [1.807, 2.05) is 10.6 Å². The molecule has 2 aliphatic carbocycles. The summed E-state index contributed by atoms with van der Waals surface area (Å²) in [6, 6.07) is 9.20. The van der Waals surface area contributed by atoms with Gasteiger partial charge in [0.1, 0.15) is 11.8 Å². The van der Waals surface area contributed by atoms with E-state index in [1.54, 1.807) is 18.2 Å². The lowest BCUT2D eigenvalue weighted by atomic mass is 9.47. The number of carboxylic acids is 1. The number of anilines is 1. The van der Waals surface area contributed by atoms with Crippen LogP contribution in [0.5, 0.6) is 0 Å². The molecule has 2 aromatic carbocycles. The lowest BCUT2D eigenvalue weighted by Crippen LogP contribution is -2.49. The number of nitrogen functional groups attached to an aromatic ring is 1. The lowest BCUT2D eigenvalue weighted by Gasteiger charge is -2.57. The molecule has 196 valence electrons. The van der Waals surface area contributed by atoms with Crippen molar-refractivity contribution in [3.63, 3.8) is 0 Å². The Morgan fingerprint density at radius 1 is 1.11 bits per heavy atom. The number of carbonyl (C=O) groups is 1. The van der Waals surface area contributed by atoms with Gasteiger partial charge in [-0.25, -0.2) is 8.78 Å². The van der Waals surface area contributed by atoms with Crippen LogP contribution in [0.15, 0.2) is 30.3 Å². The van der Waals surface area contributed by atoms with Crippen LogP contribution in [0.25, 0.3) is 16.6 Å².